The molecule has 5 rings (SSSR count). The van der Waals surface area contributed by atoms with Crippen molar-refractivity contribution in [2.24, 2.45) is 5.92 Å². The van der Waals surface area contributed by atoms with E-state index < -0.39 is 39.7 Å². The maximum absolute atomic E-state index is 13.7. The molecule has 16 heteroatoms. The lowest BCUT2D eigenvalue weighted by molar-refractivity contribution is -0.177. The lowest BCUT2D eigenvalue weighted by atomic mass is 9.71. The minimum Gasteiger partial charge on any atom is -0.390 e. The number of halogens is 3. The van der Waals surface area contributed by atoms with Gasteiger partial charge in [-0.15, -0.1) is 5.10 Å². The second-order valence-electron chi connectivity index (χ2n) is 11.7. The van der Waals surface area contributed by atoms with Crippen molar-refractivity contribution in [3.8, 4) is 11.3 Å². The van der Waals surface area contributed by atoms with Gasteiger partial charge in [0.1, 0.15) is 11.6 Å². The third-order valence-corrected chi connectivity index (χ3v) is 8.57. The third kappa shape index (κ3) is 5.85. The van der Waals surface area contributed by atoms with E-state index in [0.29, 0.717) is 23.3 Å². The van der Waals surface area contributed by atoms with Crippen molar-refractivity contribution in [2.75, 3.05) is 16.7 Å². The predicted octanol–water partition coefficient (Wildman–Crippen LogP) is 2.93. The van der Waals surface area contributed by atoms with Gasteiger partial charge in [0.05, 0.1) is 28.8 Å². The van der Waals surface area contributed by atoms with Crippen LogP contribution in [0, 0.1) is 5.92 Å². The molecule has 1 aromatic carbocycles. The summed E-state index contributed by atoms with van der Waals surface area (Å²) in [4.78, 5) is 31.6. The molecule has 0 spiro atoms. The molecule has 12 nitrogen and oxygen atoms in total. The Bertz CT molecular complexity index is 1730. The van der Waals surface area contributed by atoms with Crippen LogP contribution in [0.25, 0.3) is 16.9 Å². The smallest absolute Gasteiger partial charge is 0.390 e. The molecule has 3 heterocycles. The van der Waals surface area contributed by atoms with Gasteiger partial charge in [0, 0.05) is 24.3 Å². The Morgan fingerprint density at radius 2 is 1.93 bits per heavy atom. The highest BCUT2D eigenvalue weighted by Crippen LogP contribution is 2.40. The van der Waals surface area contributed by atoms with Crippen molar-refractivity contribution >= 4 is 39.0 Å². The molecule has 1 fully saturated rings. The first kappa shape index (κ1) is 30.5. The first-order valence-electron chi connectivity index (χ1n) is 13.6. The molecule has 1 atom stereocenters. The molecule has 2 aliphatic rings. The maximum atomic E-state index is 13.7. The first-order valence-corrected chi connectivity index (χ1v) is 15.5. The highest BCUT2D eigenvalue weighted by Gasteiger charge is 2.47. The van der Waals surface area contributed by atoms with Gasteiger partial charge in [0.15, 0.2) is 11.5 Å². The highest BCUT2D eigenvalue weighted by atomic mass is 32.2. The quantitative estimate of drug-likeness (QED) is 0.297. The molecule has 1 aliphatic carbocycles. The number of fused-ring (bicyclic) bond motifs is 2. The molecule has 0 radical (unpaired) electrons. The summed E-state index contributed by atoms with van der Waals surface area (Å²) in [5.41, 5.74) is 5.68. The summed E-state index contributed by atoms with van der Waals surface area (Å²) in [6.45, 7) is 4.36. The maximum Gasteiger partial charge on any atom is 0.408 e. The number of rotatable bonds is 8. The van der Waals surface area contributed by atoms with Crippen molar-refractivity contribution in [3.05, 3.63) is 41.1 Å². The number of sulfonamides is 1. The van der Waals surface area contributed by atoms with E-state index in [0.717, 1.165) is 6.26 Å². The summed E-state index contributed by atoms with van der Waals surface area (Å²) in [5, 5.41) is 17.2. The number of aromatic nitrogens is 3. The number of alkyl halides is 3. The van der Waals surface area contributed by atoms with E-state index in [1.54, 1.807) is 13.8 Å². The summed E-state index contributed by atoms with van der Waals surface area (Å²) < 4.78 is 69.1. The number of carbonyl (C=O) groups is 2. The Morgan fingerprint density at radius 3 is 2.51 bits per heavy atom. The second kappa shape index (κ2) is 10.4. The number of amides is 2. The van der Waals surface area contributed by atoms with E-state index in [1.165, 1.54) is 35.8 Å². The van der Waals surface area contributed by atoms with Crippen molar-refractivity contribution in [1.82, 2.24) is 24.8 Å². The number of nitrogens with zero attached hydrogens (tertiary/aromatic N) is 4. The van der Waals surface area contributed by atoms with Crippen molar-refractivity contribution in [3.63, 3.8) is 0 Å². The zero-order valence-electron chi connectivity index (χ0n) is 23.9. The Hall–Kier alpha value is -3.92. The van der Waals surface area contributed by atoms with Crippen LogP contribution in [0.1, 0.15) is 66.3 Å². The SMILES string of the molecule is CC[C@H](N1Cc2cc(-c3ccn4nc(N)c(C(=O)N[C@H]5C[C@H](C(C)(C)O)C5)c4n3)cc(NS(C)(=O)=O)c2C1=O)C(F)(F)F. The normalized spacial score (nSPS) is 19.7. The minimum atomic E-state index is -4.68. The molecule has 232 valence electrons. The molecule has 0 bridgehead atoms. The molecule has 0 unspecified atom stereocenters. The van der Waals surface area contributed by atoms with Gasteiger partial charge in [0.2, 0.25) is 10.0 Å². The summed E-state index contributed by atoms with van der Waals surface area (Å²) in [6.07, 6.45) is -1.54. The van der Waals surface area contributed by atoms with Gasteiger partial charge in [0.25, 0.3) is 11.8 Å². The topological polar surface area (TPSA) is 172 Å². The van der Waals surface area contributed by atoms with Gasteiger partial charge in [-0.1, -0.05) is 6.92 Å². The zero-order chi connectivity index (χ0) is 31.6. The fraction of sp³-hybridized carbons (Fsp3) is 0.481. The number of hydrogen-bond acceptors (Lipinski definition) is 8. The average molecular weight is 624 g/mol. The number of nitrogen functional groups attached to an aromatic ring is 1. The lowest BCUT2D eigenvalue weighted by Crippen LogP contribution is -2.51. The number of nitrogens with one attached hydrogen (secondary N) is 2. The van der Waals surface area contributed by atoms with Crippen LogP contribution in [0.5, 0.6) is 0 Å². The Kier molecular flexibility index (Phi) is 7.36. The zero-order valence-corrected chi connectivity index (χ0v) is 24.7. The fourth-order valence-electron chi connectivity index (χ4n) is 5.68. The van der Waals surface area contributed by atoms with Crippen LogP contribution in [0.3, 0.4) is 0 Å². The molecule has 3 aromatic rings. The van der Waals surface area contributed by atoms with Crippen LogP contribution in [-0.4, -0.2) is 75.0 Å². The van der Waals surface area contributed by atoms with Crippen molar-refractivity contribution in [1.29, 1.82) is 0 Å². The van der Waals surface area contributed by atoms with Crippen LogP contribution in [0.2, 0.25) is 0 Å². The summed E-state index contributed by atoms with van der Waals surface area (Å²) in [7, 11) is -3.93. The number of carbonyl (C=O) groups excluding carboxylic acids is 2. The summed E-state index contributed by atoms with van der Waals surface area (Å²) in [5.74, 6) is -1.49. The van der Waals surface area contributed by atoms with Crippen LogP contribution in [0.4, 0.5) is 24.7 Å². The molecular weight excluding hydrogens is 591 g/mol. The Balaban J connectivity index is 1.52. The molecule has 0 saturated heterocycles. The molecule has 2 amide bonds. The van der Waals surface area contributed by atoms with Gasteiger partial charge in [-0.3, -0.25) is 14.3 Å². The first-order chi connectivity index (χ1) is 19.9. The monoisotopic (exact) mass is 623 g/mol. The highest BCUT2D eigenvalue weighted by molar-refractivity contribution is 7.92. The number of aliphatic hydroxyl groups is 1. The predicted molar refractivity (Wildman–Crippen MR) is 152 cm³/mol. The fourth-order valence-corrected chi connectivity index (χ4v) is 6.24. The number of anilines is 2. The second-order valence-corrected chi connectivity index (χ2v) is 13.4. The largest absolute Gasteiger partial charge is 0.408 e. The van der Waals surface area contributed by atoms with Gasteiger partial charge >= 0.3 is 6.18 Å². The van der Waals surface area contributed by atoms with E-state index in [2.05, 4.69) is 20.1 Å². The van der Waals surface area contributed by atoms with Crippen LogP contribution in [-0.2, 0) is 16.6 Å². The van der Waals surface area contributed by atoms with Crippen LogP contribution in [0.15, 0.2) is 24.4 Å². The molecule has 1 saturated carbocycles. The van der Waals surface area contributed by atoms with Gasteiger partial charge in [-0.2, -0.15) is 13.2 Å². The van der Waals surface area contributed by atoms with E-state index in [9.17, 15) is 36.3 Å². The molecule has 5 N–H and O–H groups in total. The minimum absolute atomic E-state index is 0.0153. The van der Waals surface area contributed by atoms with Crippen LogP contribution < -0.4 is 15.8 Å². The van der Waals surface area contributed by atoms with E-state index in [1.807, 2.05) is 0 Å². The number of nitrogens with two attached hydrogens (primary N) is 1. The van der Waals surface area contributed by atoms with E-state index in [4.69, 9.17) is 5.73 Å². The molecule has 43 heavy (non-hydrogen) atoms. The Morgan fingerprint density at radius 1 is 1.26 bits per heavy atom. The number of benzene rings is 1. The van der Waals surface area contributed by atoms with Gasteiger partial charge in [-0.25, -0.2) is 17.9 Å². The summed E-state index contributed by atoms with van der Waals surface area (Å²) in [6, 6.07) is 2.09. The summed E-state index contributed by atoms with van der Waals surface area (Å²) >= 11 is 0. The Labute approximate surface area is 245 Å². The average Bonchev–Trinajstić information content (AvgIpc) is 3.34. The van der Waals surface area contributed by atoms with Crippen molar-refractivity contribution < 1.29 is 36.3 Å². The van der Waals surface area contributed by atoms with E-state index >= 15 is 0 Å². The van der Waals surface area contributed by atoms with Crippen LogP contribution >= 0.6 is 0 Å². The number of hydrogen-bond donors (Lipinski definition) is 4. The molecule has 1 aliphatic heterocycles. The molecular formula is C27H32F3N7O5S. The molecule has 2 aromatic heterocycles. The lowest BCUT2D eigenvalue weighted by Gasteiger charge is -2.42. The van der Waals surface area contributed by atoms with Crippen molar-refractivity contribution in [2.45, 2.75) is 70.4 Å². The van der Waals surface area contributed by atoms with Gasteiger partial charge < -0.3 is 21.1 Å². The van der Waals surface area contributed by atoms with E-state index in [-0.39, 0.29) is 64.5 Å². The third-order valence-electron chi connectivity index (χ3n) is 7.98. The van der Waals surface area contributed by atoms with Gasteiger partial charge in [-0.05, 0) is 62.8 Å². The standard InChI is InChI=1S/C27H32F3N7O5S/c1-5-19(27(28,29)30)36-12-14-8-13(9-18(20(14)25(36)39)35-43(4,41)42)17-6-7-37-23(33-17)21(22(31)34-37)24(38)32-16-10-15(11-16)26(2,3)40/h6-9,15-16,19,35,40H,5,10-12H2,1-4H3,(H2,31,34)(H,32,38)/t15-,16-,19-/m0/s1.